The van der Waals surface area contributed by atoms with Crippen LogP contribution in [0, 0.1) is 27.9 Å². The molecule has 1 amide bonds. The van der Waals surface area contributed by atoms with Crippen molar-refractivity contribution < 1.29 is 19.2 Å². The summed E-state index contributed by atoms with van der Waals surface area (Å²) >= 11 is 1.23. The molecule has 0 aromatic heterocycles. The smallest absolute Gasteiger partial charge is 0.316 e. The Morgan fingerprint density at radius 2 is 1.68 bits per heavy atom. The zero-order chi connectivity index (χ0) is 19.7. The van der Waals surface area contributed by atoms with Gasteiger partial charge in [0.15, 0.2) is 6.61 Å². The fraction of sp³-hybridized carbons (Fsp3) is 0.600. The molecule has 5 rings (SSSR count). The van der Waals surface area contributed by atoms with Crippen LogP contribution in [-0.4, -0.2) is 34.7 Å². The molecule has 4 bridgehead atoms. The number of nitro benzene ring substituents is 1. The second-order valence-electron chi connectivity index (χ2n) is 8.45. The minimum Gasteiger partial charge on any atom is -0.455 e. The van der Waals surface area contributed by atoms with Crippen molar-refractivity contribution in [2.45, 2.75) is 49.0 Å². The van der Waals surface area contributed by atoms with Crippen LogP contribution in [0.25, 0.3) is 0 Å². The zero-order valence-corrected chi connectivity index (χ0v) is 16.4. The number of carbonyl (C=O) groups is 2. The van der Waals surface area contributed by atoms with E-state index in [0.29, 0.717) is 0 Å². The molecule has 150 valence electrons. The molecule has 0 saturated heterocycles. The number of hydrogen-bond acceptors (Lipinski definition) is 6. The SMILES string of the molecule is O=C(COC(=O)CSc1ccc([N+](=O)[O-])cc1)NC12CC3CC(CC(C3)C1)C2. The number of rotatable bonds is 7. The summed E-state index contributed by atoms with van der Waals surface area (Å²) in [6.07, 6.45) is 7.12. The normalized spacial score (nSPS) is 30.1. The highest BCUT2D eigenvalue weighted by Gasteiger charge is 2.51. The van der Waals surface area contributed by atoms with Crippen LogP contribution in [0.1, 0.15) is 38.5 Å². The number of nitro groups is 1. The minimum absolute atomic E-state index is 0.00766. The standard InChI is InChI=1S/C20H24N2O5S/c23-18(21-20-8-13-5-14(9-20)7-15(6-13)10-20)11-27-19(24)12-28-17-3-1-16(2-4-17)22(25)26/h1-4,13-15H,5-12H2,(H,21,23). The summed E-state index contributed by atoms with van der Waals surface area (Å²) in [4.78, 5) is 35.2. The number of nitrogens with zero attached hydrogens (tertiary/aromatic N) is 1. The van der Waals surface area contributed by atoms with E-state index in [2.05, 4.69) is 5.32 Å². The van der Waals surface area contributed by atoms with Gasteiger partial charge in [0.2, 0.25) is 0 Å². The molecule has 1 aromatic carbocycles. The van der Waals surface area contributed by atoms with Crippen LogP contribution < -0.4 is 5.32 Å². The van der Waals surface area contributed by atoms with Gasteiger partial charge >= 0.3 is 5.97 Å². The molecular weight excluding hydrogens is 380 g/mol. The molecule has 0 spiro atoms. The molecule has 0 radical (unpaired) electrons. The van der Waals surface area contributed by atoms with Gasteiger partial charge in [-0.3, -0.25) is 19.7 Å². The lowest BCUT2D eigenvalue weighted by Crippen LogP contribution is -2.60. The Hall–Kier alpha value is -2.09. The highest BCUT2D eigenvalue weighted by atomic mass is 32.2. The third-order valence-electron chi connectivity index (χ3n) is 6.21. The molecule has 4 aliphatic carbocycles. The Labute approximate surface area is 167 Å². The summed E-state index contributed by atoms with van der Waals surface area (Å²) in [5.41, 5.74) is -0.0700. The van der Waals surface area contributed by atoms with Crippen LogP contribution in [0.5, 0.6) is 0 Å². The van der Waals surface area contributed by atoms with Crippen molar-refractivity contribution >= 4 is 29.3 Å². The Kier molecular flexibility index (Phi) is 5.31. The predicted molar refractivity (Wildman–Crippen MR) is 104 cm³/mol. The van der Waals surface area contributed by atoms with Crippen LogP contribution in [0.2, 0.25) is 0 Å². The van der Waals surface area contributed by atoms with E-state index >= 15 is 0 Å². The predicted octanol–water partition coefficient (Wildman–Crippen LogP) is 3.32. The fourth-order valence-electron chi connectivity index (χ4n) is 5.59. The number of thioether (sulfide) groups is 1. The fourth-order valence-corrected chi connectivity index (χ4v) is 6.29. The zero-order valence-electron chi connectivity index (χ0n) is 15.6. The van der Waals surface area contributed by atoms with Gasteiger partial charge in [-0.1, -0.05) is 0 Å². The van der Waals surface area contributed by atoms with Gasteiger partial charge in [-0.15, -0.1) is 11.8 Å². The van der Waals surface area contributed by atoms with Gasteiger partial charge in [0.1, 0.15) is 0 Å². The summed E-state index contributed by atoms with van der Waals surface area (Å²) in [7, 11) is 0. The summed E-state index contributed by atoms with van der Waals surface area (Å²) in [5, 5.41) is 13.8. The van der Waals surface area contributed by atoms with E-state index in [1.165, 1.54) is 43.2 Å². The van der Waals surface area contributed by atoms with E-state index in [-0.39, 0.29) is 29.5 Å². The van der Waals surface area contributed by atoms with Crippen molar-refractivity contribution in [3.05, 3.63) is 34.4 Å². The van der Waals surface area contributed by atoms with E-state index in [9.17, 15) is 19.7 Å². The van der Waals surface area contributed by atoms with Crippen LogP contribution in [0.3, 0.4) is 0 Å². The summed E-state index contributed by atoms with van der Waals surface area (Å²) in [5.74, 6) is 1.61. The van der Waals surface area contributed by atoms with Gasteiger partial charge in [0.05, 0.1) is 10.7 Å². The van der Waals surface area contributed by atoms with Crippen molar-refractivity contribution in [1.82, 2.24) is 5.32 Å². The first-order valence-electron chi connectivity index (χ1n) is 9.75. The minimum atomic E-state index is -0.469. The Morgan fingerprint density at radius 1 is 1.11 bits per heavy atom. The largest absolute Gasteiger partial charge is 0.455 e. The number of hydrogen-bond donors (Lipinski definition) is 1. The van der Waals surface area contributed by atoms with Gasteiger partial charge in [-0.05, 0) is 68.4 Å². The van der Waals surface area contributed by atoms with Gasteiger partial charge in [-0.2, -0.15) is 0 Å². The maximum atomic E-state index is 12.3. The van der Waals surface area contributed by atoms with E-state index in [0.717, 1.165) is 41.9 Å². The Balaban J connectivity index is 1.20. The van der Waals surface area contributed by atoms with E-state index < -0.39 is 10.9 Å². The van der Waals surface area contributed by atoms with Crippen LogP contribution >= 0.6 is 11.8 Å². The molecule has 8 heteroatoms. The number of carbonyl (C=O) groups excluding carboxylic acids is 2. The average molecular weight is 404 g/mol. The van der Waals surface area contributed by atoms with Crippen molar-refractivity contribution in [2.75, 3.05) is 12.4 Å². The molecule has 0 unspecified atom stereocenters. The number of amides is 1. The second-order valence-corrected chi connectivity index (χ2v) is 9.50. The quantitative estimate of drug-likeness (QED) is 0.324. The first-order chi connectivity index (χ1) is 13.4. The average Bonchev–Trinajstić information content (AvgIpc) is 2.63. The molecule has 0 heterocycles. The maximum Gasteiger partial charge on any atom is 0.316 e. The third kappa shape index (κ3) is 4.32. The highest BCUT2D eigenvalue weighted by molar-refractivity contribution is 8.00. The van der Waals surface area contributed by atoms with Gasteiger partial charge < -0.3 is 10.1 Å². The number of esters is 1. The topological polar surface area (TPSA) is 98.5 Å². The maximum absolute atomic E-state index is 12.3. The lowest BCUT2D eigenvalue weighted by Gasteiger charge is -2.56. The van der Waals surface area contributed by atoms with E-state index in [1.807, 2.05) is 0 Å². The van der Waals surface area contributed by atoms with Crippen molar-refractivity contribution in [2.24, 2.45) is 17.8 Å². The highest BCUT2D eigenvalue weighted by Crippen LogP contribution is 2.55. The summed E-state index contributed by atoms with van der Waals surface area (Å²) in [6, 6.07) is 5.98. The summed E-state index contributed by atoms with van der Waals surface area (Å²) < 4.78 is 5.12. The molecule has 4 aliphatic rings. The molecular formula is C20H24N2O5S. The lowest BCUT2D eigenvalue weighted by atomic mass is 9.53. The molecule has 28 heavy (non-hydrogen) atoms. The second kappa shape index (κ2) is 7.73. The molecule has 0 atom stereocenters. The molecule has 7 nitrogen and oxygen atoms in total. The number of ether oxygens (including phenoxy) is 1. The number of non-ortho nitro benzene ring substituents is 1. The molecule has 1 aromatic rings. The monoisotopic (exact) mass is 404 g/mol. The van der Waals surface area contributed by atoms with E-state index in [1.54, 1.807) is 12.1 Å². The van der Waals surface area contributed by atoms with Gasteiger partial charge in [0.25, 0.3) is 11.6 Å². The molecule has 4 saturated carbocycles. The molecule has 1 N–H and O–H groups in total. The van der Waals surface area contributed by atoms with Gasteiger partial charge in [-0.25, -0.2) is 0 Å². The van der Waals surface area contributed by atoms with Crippen LogP contribution in [-0.2, 0) is 14.3 Å². The number of benzene rings is 1. The lowest BCUT2D eigenvalue weighted by molar-refractivity contribution is -0.384. The third-order valence-corrected chi connectivity index (χ3v) is 7.20. The molecule has 0 aliphatic heterocycles. The van der Waals surface area contributed by atoms with Crippen molar-refractivity contribution in [1.29, 1.82) is 0 Å². The first kappa shape index (κ1) is 19.2. The summed E-state index contributed by atoms with van der Waals surface area (Å²) in [6.45, 7) is -0.249. The van der Waals surface area contributed by atoms with E-state index in [4.69, 9.17) is 4.74 Å². The Morgan fingerprint density at radius 3 is 2.21 bits per heavy atom. The first-order valence-corrected chi connectivity index (χ1v) is 10.7. The Bertz CT molecular complexity index is 744. The van der Waals surface area contributed by atoms with Crippen molar-refractivity contribution in [3.63, 3.8) is 0 Å². The molecule has 4 fully saturated rings. The van der Waals surface area contributed by atoms with Gasteiger partial charge in [0, 0.05) is 22.6 Å². The van der Waals surface area contributed by atoms with Crippen molar-refractivity contribution in [3.8, 4) is 0 Å². The van der Waals surface area contributed by atoms with Crippen LogP contribution in [0.4, 0.5) is 5.69 Å². The van der Waals surface area contributed by atoms with Crippen LogP contribution in [0.15, 0.2) is 29.2 Å². The number of nitrogens with one attached hydrogen (secondary N) is 1.